The van der Waals surface area contributed by atoms with E-state index in [0.717, 1.165) is 17.8 Å². The third kappa shape index (κ3) is 5.35. The number of ketones is 3. The van der Waals surface area contributed by atoms with Crippen molar-refractivity contribution in [1.29, 1.82) is 0 Å². The molecule has 0 atom stereocenters. The van der Waals surface area contributed by atoms with E-state index >= 15 is 0 Å². The number of nitrogens with zero attached hydrogens (tertiary/aromatic N) is 5. The summed E-state index contributed by atoms with van der Waals surface area (Å²) < 4.78 is 3.03. The first-order chi connectivity index (χ1) is 14.3. The Balaban J connectivity index is 0.000000138. The maximum Gasteiger partial charge on any atom is 0.183 e. The molecule has 0 unspecified atom stereocenters. The van der Waals surface area contributed by atoms with Crippen molar-refractivity contribution in [2.24, 2.45) is 0 Å². The standard InChI is InChI=1S/C9H6BrN3O.C5H5BrO2.C4H4BrN3/c10-7-3-4-8-11-5-1-2-6(14)9(5)13(8)12-7;6-5-3(7)1-2-4(5)8;5-3-1-2-4(6)8-7-3/h3-4H,1-2H2;5H,1-2H2;1-2H,(H2,6,8). The second-order valence-electron chi connectivity index (χ2n) is 6.33. The number of aryl methyl sites for hydroxylation is 1. The number of hydrogen-bond acceptors (Lipinski definition) is 8. The highest BCUT2D eigenvalue weighted by Gasteiger charge is 2.29. The molecule has 2 aliphatic carbocycles. The van der Waals surface area contributed by atoms with Gasteiger partial charge in [-0.1, -0.05) is 15.9 Å². The number of imidazole rings is 1. The van der Waals surface area contributed by atoms with E-state index in [-0.39, 0.29) is 17.3 Å². The van der Waals surface area contributed by atoms with Crippen LogP contribution in [0.4, 0.5) is 5.82 Å². The number of alkyl halides is 1. The highest BCUT2D eigenvalue weighted by Crippen LogP contribution is 2.22. The summed E-state index contributed by atoms with van der Waals surface area (Å²) in [5.41, 5.74) is 7.50. The average Bonchev–Trinajstić information content (AvgIpc) is 3.36. The van der Waals surface area contributed by atoms with Crippen molar-refractivity contribution in [3.05, 3.63) is 44.9 Å². The van der Waals surface area contributed by atoms with Crippen LogP contribution in [0, 0.1) is 0 Å². The zero-order chi connectivity index (χ0) is 21.8. The Hall–Kier alpha value is -2.05. The highest BCUT2D eigenvalue weighted by molar-refractivity contribution is 9.10. The van der Waals surface area contributed by atoms with Crippen molar-refractivity contribution in [3.8, 4) is 0 Å². The van der Waals surface area contributed by atoms with Gasteiger partial charge in [-0.15, -0.1) is 10.2 Å². The van der Waals surface area contributed by atoms with E-state index in [2.05, 4.69) is 68.1 Å². The van der Waals surface area contributed by atoms with Crippen LogP contribution >= 0.6 is 47.8 Å². The molecule has 3 heterocycles. The molecular formula is C18H15Br3N6O3. The van der Waals surface area contributed by atoms with Gasteiger partial charge in [-0.3, -0.25) is 14.4 Å². The van der Waals surface area contributed by atoms with Crippen LogP contribution in [0.25, 0.3) is 5.65 Å². The second-order valence-corrected chi connectivity index (χ2v) is 8.87. The zero-order valence-electron chi connectivity index (χ0n) is 15.4. The van der Waals surface area contributed by atoms with E-state index in [9.17, 15) is 14.4 Å². The topological polar surface area (TPSA) is 133 Å². The fraction of sp³-hybridized carbons (Fsp3) is 0.278. The van der Waals surface area contributed by atoms with E-state index in [0.29, 0.717) is 40.0 Å². The summed E-state index contributed by atoms with van der Waals surface area (Å²) in [5, 5.41) is 11.4. The quantitative estimate of drug-likeness (QED) is 0.307. The van der Waals surface area contributed by atoms with Crippen molar-refractivity contribution < 1.29 is 14.4 Å². The Morgan fingerprint density at radius 3 is 2.10 bits per heavy atom. The number of halogens is 3. The third-order valence-corrected chi connectivity index (χ3v) is 6.07. The van der Waals surface area contributed by atoms with Gasteiger partial charge in [0.1, 0.15) is 25.5 Å². The van der Waals surface area contributed by atoms with Gasteiger partial charge >= 0.3 is 0 Å². The second kappa shape index (κ2) is 9.84. The van der Waals surface area contributed by atoms with Crippen LogP contribution < -0.4 is 5.73 Å². The molecule has 12 heteroatoms. The van der Waals surface area contributed by atoms with E-state index in [1.165, 1.54) is 0 Å². The van der Waals surface area contributed by atoms with Crippen LogP contribution in [0.1, 0.15) is 35.4 Å². The van der Waals surface area contributed by atoms with Crippen LogP contribution in [0.5, 0.6) is 0 Å². The summed E-state index contributed by atoms with van der Waals surface area (Å²) >= 11 is 9.36. The third-order valence-electron chi connectivity index (χ3n) is 4.21. The predicted molar refractivity (Wildman–Crippen MR) is 119 cm³/mol. The molecule has 0 spiro atoms. The Labute approximate surface area is 196 Å². The molecule has 0 bridgehead atoms. The lowest BCUT2D eigenvalue weighted by Crippen LogP contribution is -2.11. The van der Waals surface area contributed by atoms with Gasteiger partial charge in [-0.2, -0.15) is 5.10 Å². The maximum atomic E-state index is 11.5. The molecule has 9 nitrogen and oxygen atoms in total. The minimum absolute atomic E-state index is 0.0231. The minimum atomic E-state index is -0.484. The molecule has 0 amide bonds. The molecule has 3 aromatic rings. The van der Waals surface area contributed by atoms with E-state index in [4.69, 9.17) is 5.73 Å². The smallest absolute Gasteiger partial charge is 0.183 e. The lowest BCUT2D eigenvalue weighted by molar-refractivity contribution is -0.120. The van der Waals surface area contributed by atoms with Gasteiger partial charge in [-0.05, 0) is 62.5 Å². The van der Waals surface area contributed by atoms with Crippen LogP contribution in [0.15, 0.2) is 33.5 Å². The normalized spacial score (nSPS) is 15.5. The SMILES string of the molecule is Nc1ccc(Br)nn1.O=C1CCC(=O)C1Br.O=C1CCc2nc3ccc(Br)nn3c21. The Morgan fingerprint density at radius 1 is 0.900 bits per heavy atom. The molecule has 1 fully saturated rings. The summed E-state index contributed by atoms with van der Waals surface area (Å²) in [7, 11) is 0. The number of anilines is 1. The summed E-state index contributed by atoms with van der Waals surface area (Å²) in [6.07, 6.45) is 2.16. The first kappa shape index (κ1) is 22.6. The highest BCUT2D eigenvalue weighted by atomic mass is 79.9. The average molecular weight is 603 g/mol. The molecule has 0 saturated heterocycles. The van der Waals surface area contributed by atoms with Gasteiger partial charge in [0.2, 0.25) is 0 Å². The van der Waals surface area contributed by atoms with Crippen molar-refractivity contribution in [3.63, 3.8) is 0 Å². The van der Waals surface area contributed by atoms with Crippen LogP contribution in [-0.4, -0.2) is 47.0 Å². The molecule has 0 radical (unpaired) electrons. The molecule has 0 aliphatic heterocycles. The van der Waals surface area contributed by atoms with Crippen LogP contribution in [-0.2, 0) is 16.0 Å². The van der Waals surface area contributed by atoms with Crippen molar-refractivity contribution in [2.75, 3.05) is 5.73 Å². The molecule has 3 aromatic heterocycles. The first-order valence-corrected chi connectivity index (χ1v) is 11.3. The van der Waals surface area contributed by atoms with Gasteiger partial charge in [0.25, 0.3) is 0 Å². The van der Waals surface area contributed by atoms with E-state index in [1.54, 1.807) is 16.6 Å². The number of aromatic nitrogens is 5. The largest absolute Gasteiger partial charge is 0.382 e. The molecule has 1 saturated carbocycles. The Bertz CT molecular complexity index is 1080. The number of carbonyl (C=O) groups is 3. The van der Waals surface area contributed by atoms with E-state index in [1.807, 2.05) is 12.1 Å². The number of carbonyl (C=O) groups excluding carboxylic acids is 3. The summed E-state index contributed by atoms with van der Waals surface area (Å²) in [5.74, 6) is 0.622. The molecule has 0 aromatic carbocycles. The summed E-state index contributed by atoms with van der Waals surface area (Å²) in [6, 6.07) is 7.09. The zero-order valence-corrected chi connectivity index (χ0v) is 20.1. The van der Waals surface area contributed by atoms with Crippen molar-refractivity contribution in [2.45, 2.75) is 30.5 Å². The minimum Gasteiger partial charge on any atom is -0.382 e. The maximum absolute atomic E-state index is 11.5. The molecule has 2 aliphatic rings. The first-order valence-electron chi connectivity index (χ1n) is 8.78. The molecule has 156 valence electrons. The monoisotopic (exact) mass is 600 g/mol. The van der Waals surface area contributed by atoms with Crippen molar-refractivity contribution in [1.82, 2.24) is 24.8 Å². The fourth-order valence-electron chi connectivity index (χ4n) is 2.77. The number of nitrogen functional groups attached to an aromatic ring is 1. The van der Waals surface area contributed by atoms with Crippen LogP contribution in [0.2, 0.25) is 0 Å². The van der Waals surface area contributed by atoms with Gasteiger partial charge in [0.15, 0.2) is 23.0 Å². The number of Topliss-reactive ketones (excluding diaryl/α,β-unsaturated/α-hetero) is 3. The number of fused-ring (bicyclic) bond motifs is 3. The molecule has 5 rings (SSSR count). The Kier molecular flexibility index (Phi) is 7.42. The lowest BCUT2D eigenvalue weighted by Gasteiger charge is -1.95. The fourth-order valence-corrected chi connectivity index (χ4v) is 3.73. The predicted octanol–water partition coefficient (Wildman–Crippen LogP) is 3.12. The number of hydrogen-bond donors (Lipinski definition) is 1. The van der Waals surface area contributed by atoms with Crippen molar-refractivity contribution >= 4 is 76.6 Å². The lowest BCUT2D eigenvalue weighted by atomic mass is 10.3. The molecular weight excluding hydrogens is 588 g/mol. The molecule has 2 N–H and O–H groups in total. The van der Waals surface area contributed by atoms with Gasteiger partial charge < -0.3 is 5.73 Å². The summed E-state index contributed by atoms with van der Waals surface area (Å²) in [6.45, 7) is 0. The number of nitrogens with two attached hydrogens (primary N) is 1. The Morgan fingerprint density at radius 2 is 1.57 bits per heavy atom. The van der Waals surface area contributed by atoms with Gasteiger partial charge in [-0.25, -0.2) is 9.50 Å². The molecule has 30 heavy (non-hydrogen) atoms. The van der Waals surface area contributed by atoms with Crippen LogP contribution in [0.3, 0.4) is 0 Å². The van der Waals surface area contributed by atoms with E-state index < -0.39 is 4.83 Å². The summed E-state index contributed by atoms with van der Waals surface area (Å²) in [4.78, 5) is 36.4. The van der Waals surface area contributed by atoms with Gasteiger partial charge in [0, 0.05) is 19.3 Å². The van der Waals surface area contributed by atoms with Gasteiger partial charge in [0.05, 0.1) is 5.69 Å². The number of rotatable bonds is 0.